The van der Waals surface area contributed by atoms with E-state index >= 15 is 0 Å². The third-order valence-electron chi connectivity index (χ3n) is 6.02. The van der Waals surface area contributed by atoms with Crippen molar-refractivity contribution in [1.29, 1.82) is 0 Å². The maximum Gasteiger partial charge on any atom is 0.405 e. The third kappa shape index (κ3) is 5.19. The Bertz CT molecular complexity index is 845. The molecule has 0 aromatic heterocycles. The number of piperidine rings is 2. The minimum atomic E-state index is -0.907. The van der Waals surface area contributed by atoms with E-state index in [1.165, 1.54) is 5.56 Å². The van der Waals surface area contributed by atoms with Gasteiger partial charge in [-0.3, -0.25) is 9.69 Å². The van der Waals surface area contributed by atoms with Gasteiger partial charge >= 0.3 is 6.09 Å². The molecule has 2 amide bonds. The molecule has 0 radical (unpaired) electrons. The number of hydrogen-bond donors (Lipinski definition) is 1. The molecule has 2 bridgehead atoms. The Kier molecular flexibility index (Phi) is 6.33. The number of nitrogens with two attached hydrogens (primary N) is 1. The van der Waals surface area contributed by atoms with Crippen LogP contribution in [0.25, 0.3) is 0 Å². The van der Waals surface area contributed by atoms with Gasteiger partial charge in [0.25, 0.3) is 5.91 Å². The van der Waals surface area contributed by atoms with Crippen molar-refractivity contribution in [2.75, 3.05) is 26.2 Å². The Labute approximate surface area is 177 Å². The normalized spacial score (nSPS) is 22.3. The second-order valence-electron chi connectivity index (χ2n) is 8.51. The number of benzene rings is 2. The lowest BCUT2D eigenvalue weighted by molar-refractivity contribution is -0.144. The van der Waals surface area contributed by atoms with Crippen LogP contribution in [0.3, 0.4) is 0 Å². The minimum absolute atomic E-state index is 0.135. The topological polar surface area (TPSA) is 75.9 Å². The molecule has 6 nitrogen and oxygen atoms in total. The Balaban J connectivity index is 1.39. The monoisotopic (exact) mass is 407 g/mol. The summed E-state index contributed by atoms with van der Waals surface area (Å²) < 4.78 is 5.23. The van der Waals surface area contributed by atoms with Crippen molar-refractivity contribution in [3.05, 3.63) is 71.8 Å². The summed E-state index contributed by atoms with van der Waals surface area (Å²) in [5, 5.41) is 0. The van der Waals surface area contributed by atoms with Crippen LogP contribution in [-0.2, 0) is 22.5 Å². The summed E-state index contributed by atoms with van der Waals surface area (Å²) >= 11 is 0. The van der Waals surface area contributed by atoms with Gasteiger partial charge in [0.1, 0.15) is 0 Å². The van der Waals surface area contributed by atoms with Crippen LogP contribution in [0.1, 0.15) is 17.5 Å². The SMILES string of the molecule is NC(=O)OC(Cc1ccccc1)C(=O)N1CC2CC(CN(Cc3ccccc3)C2)C1. The van der Waals surface area contributed by atoms with E-state index in [1.807, 2.05) is 41.3 Å². The summed E-state index contributed by atoms with van der Waals surface area (Å²) in [5.41, 5.74) is 7.53. The Morgan fingerprint density at radius 2 is 1.47 bits per heavy atom. The molecule has 6 heteroatoms. The van der Waals surface area contributed by atoms with E-state index < -0.39 is 12.2 Å². The van der Waals surface area contributed by atoms with E-state index in [2.05, 4.69) is 29.2 Å². The molecule has 2 aliphatic heterocycles. The maximum absolute atomic E-state index is 13.2. The van der Waals surface area contributed by atoms with Gasteiger partial charge in [0.05, 0.1) is 0 Å². The number of carbonyl (C=O) groups excluding carboxylic acids is 2. The second kappa shape index (κ2) is 9.30. The number of fused-ring (bicyclic) bond motifs is 2. The fourth-order valence-electron chi connectivity index (χ4n) is 4.89. The lowest BCUT2D eigenvalue weighted by Crippen LogP contribution is -2.56. The van der Waals surface area contributed by atoms with Crippen LogP contribution in [0.15, 0.2) is 60.7 Å². The van der Waals surface area contributed by atoms with Crippen LogP contribution in [0.5, 0.6) is 0 Å². The van der Waals surface area contributed by atoms with Crippen molar-refractivity contribution in [3.8, 4) is 0 Å². The number of ether oxygens (including phenoxy) is 1. The van der Waals surface area contributed by atoms with Crippen molar-refractivity contribution in [2.45, 2.75) is 25.5 Å². The molecule has 2 aromatic carbocycles. The number of amides is 2. The van der Waals surface area contributed by atoms with Gasteiger partial charge < -0.3 is 15.4 Å². The van der Waals surface area contributed by atoms with Crippen molar-refractivity contribution >= 4 is 12.0 Å². The molecule has 0 aliphatic carbocycles. The van der Waals surface area contributed by atoms with Gasteiger partial charge in [0, 0.05) is 39.1 Å². The van der Waals surface area contributed by atoms with Gasteiger partial charge in [-0.05, 0) is 29.4 Å². The Hall–Kier alpha value is -2.86. The summed E-state index contributed by atoms with van der Waals surface area (Å²) in [7, 11) is 0. The molecule has 2 aliphatic rings. The molecule has 0 spiro atoms. The Morgan fingerprint density at radius 1 is 0.900 bits per heavy atom. The van der Waals surface area contributed by atoms with Gasteiger partial charge in [-0.1, -0.05) is 60.7 Å². The zero-order chi connectivity index (χ0) is 20.9. The molecule has 2 saturated heterocycles. The molecule has 30 heavy (non-hydrogen) atoms. The quantitative estimate of drug-likeness (QED) is 0.799. The highest BCUT2D eigenvalue weighted by Crippen LogP contribution is 2.30. The summed E-state index contributed by atoms with van der Waals surface area (Å²) in [6, 6.07) is 20.1. The predicted molar refractivity (Wildman–Crippen MR) is 114 cm³/mol. The lowest BCUT2D eigenvalue weighted by atomic mass is 9.84. The average Bonchev–Trinajstić information content (AvgIpc) is 2.73. The molecule has 0 saturated carbocycles. The smallest absolute Gasteiger partial charge is 0.405 e. The summed E-state index contributed by atoms with van der Waals surface area (Å²) in [6.45, 7) is 4.32. The second-order valence-corrected chi connectivity index (χ2v) is 8.51. The fraction of sp³-hybridized carbons (Fsp3) is 0.417. The first-order valence-electron chi connectivity index (χ1n) is 10.6. The molecule has 2 fully saturated rings. The van der Waals surface area contributed by atoms with Crippen LogP contribution in [0, 0.1) is 11.8 Å². The van der Waals surface area contributed by atoms with Crippen LogP contribution in [0.2, 0.25) is 0 Å². The van der Waals surface area contributed by atoms with E-state index in [9.17, 15) is 9.59 Å². The van der Waals surface area contributed by atoms with Gasteiger partial charge in [-0.25, -0.2) is 4.79 Å². The van der Waals surface area contributed by atoms with E-state index in [0.717, 1.165) is 31.6 Å². The highest BCUT2D eigenvalue weighted by molar-refractivity contribution is 5.83. The minimum Gasteiger partial charge on any atom is -0.436 e. The van der Waals surface area contributed by atoms with Crippen LogP contribution >= 0.6 is 0 Å². The number of hydrogen-bond acceptors (Lipinski definition) is 4. The lowest BCUT2D eigenvalue weighted by Gasteiger charge is -2.46. The van der Waals surface area contributed by atoms with Crippen molar-refractivity contribution < 1.29 is 14.3 Å². The van der Waals surface area contributed by atoms with Crippen molar-refractivity contribution in [1.82, 2.24) is 9.80 Å². The first-order valence-corrected chi connectivity index (χ1v) is 10.6. The number of nitrogens with zero attached hydrogens (tertiary/aromatic N) is 2. The van der Waals surface area contributed by atoms with Crippen LogP contribution in [0.4, 0.5) is 4.79 Å². The van der Waals surface area contributed by atoms with Gasteiger partial charge in [0.2, 0.25) is 0 Å². The van der Waals surface area contributed by atoms with E-state index in [0.29, 0.717) is 31.3 Å². The molecule has 2 N–H and O–H groups in total. The highest BCUT2D eigenvalue weighted by atomic mass is 16.6. The molecule has 3 atom stereocenters. The predicted octanol–water partition coefficient (Wildman–Crippen LogP) is 2.67. The van der Waals surface area contributed by atoms with Crippen molar-refractivity contribution in [3.63, 3.8) is 0 Å². The van der Waals surface area contributed by atoms with E-state index in [1.54, 1.807) is 0 Å². The molecule has 2 heterocycles. The molecule has 4 rings (SSSR count). The Morgan fingerprint density at radius 3 is 2.03 bits per heavy atom. The number of carbonyl (C=O) groups is 2. The molecular formula is C24H29N3O3. The van der Waals surface area contributed by atoms with Crippen LogP contribution < -0.4 is 5.73 Å². The molecule has 3 unspecified atom stereocenters. The average molecular weight is 408 g/mol. The first kappa shape index (κ1) is 20.4. The zero-order valence-electron chi connectivity index (χ0n) is 17.2. The zero-order valence-corrected chi connectivity index (χ0v) is 17.2. The van der Waals surface area contributed by atoms with Gasteiger partial charge in [-0.15, -0.1) is 0 Å². The number of rotatable bonds is 6. The summed E-state index contributed by atoms with van der Waals surface area (Å²) in [5.74, 6) is 0.746. The standard InChI is InChI=1S/C24H29N3O3/c25-24(29)30-22(12-18-7-3-1-4-8-18)23(28)27-16-20-11-21(17-27)15-26(14-20)13-19-9-5-2-6-10-19/h1-10,20-22H,11-17H2,(H2,25,29). The van der Waals surface area contributed by atoms with Gasteiger partial charge in [-0.2, -0.15) is 0 Å². The molecule has 2 aromatic rings. The van der Waals surface area contributed by atoms with E-state index in [-0.39, 0.29) is 5.91 Å². The van der Waals surface area contributed by atoms with E-state index in [4.69, 9.17) is 10.5 Å². The number of likely N-dealkylation sites (tertiary alicyclic amines) is 2. The highest BCUT2D eigenvalue weighted by Gasteiger charge is 2.38. The van der Waals surface area contributed by atoms with Gasteiger partial charge in [0.15, 0.2) is 6.10 Å². The summed E-state index contributed by atoms with van der Waals surface area (Å²) in [6.07, 6.45) is -0.288. The molecular weight excluding hydrogens is 378 g/mol. The molecule has 158 valence electrons. The maximum atomic E-state index is 13.2. The van der Waals surface area contributed by atoms with Crippen molar-refractivity contribution in [2.24, 2.45) is 17.6 Å². The number of primary amides is 1. The fourth-order valence-corrected chi connectivity index (χ4v) is 4.89. The first-order chi connectivity index (χ1) is 14.6. The third-order valence-corrected chi connectivity index (χ3v) is 6.02. The summed E-state index contributed by atoms with van der Waals surface area (Å²) in [4.78, 5) is 29.0. The largest absolute Gasteiger partial charge is 0.436 e. The van der Waals surface area contributed by atoms with Crippen LogP contribution in [-0.4, -0.2) is 54.1 Å².